The second-order valence-corrected chi connectivity index (χ2v) is 4.69. The summed E-state index contributed by atoms with van der Waals surface area (Å²) in [6.07, 6.45) is 5.43. The minimum atomic E-state index is 0.651. The van der Waals surface area contributed by atoms with Crippen molar-refractivity contribution in [3.63, 3.8) is 0 Å². The molecular weight excluding hydrogens is 198 g/mol. The molecule has 3 heteroatoms. The summed E-state index contributed by atoms with van der Waals surface area (Å²) in [7, 11) is 0. The molecule has 0 fully saturated rings. The molecule has 1 aliphatic rings. The van der Waals surface area contributed by atoms with Gasteiger partial charge in [0.05, 0.1) is 0 Å². The zero-order valence-corrected chi connectivity index (χ0v) is 10.2. The monoisotopic (exact) mass is 219 g/mol. The van der Waals surface area contributed by atoms with E-state index in [1.54, 1.807) is 0 Å². The first-order valence-corrected chi connectivity index (χ1v) is 6.18. The molecule has 2 N–H and O–H groups in total. The highest BCUT2D eigenvalue weighted by atomic mass is 15.2. The summed E-state index contributed by atoms with van der Waals surface area (Å²) in [6, 6.07) is 2.76. The van der Waals surface area contributed by atoms with Crippen molar-refractivity contribution in [1.29, 1.82) is 0 Å². The number of nitrogen functional groups attached to an aromatic ring is 1. The van der Waals surface area contributed by atoms with Crippen LogP contribution in [0.5, 0.6) is 0 Å². The molecule has 0 aliphatic carbocycles. The summed E-state index contributed by atoms with van der Waals surface area (Å²) in [6.45, 7) is 6.67. The van der Waals surface area contributed by atoms with Crippen molar-refractivity contribution in [3.8, 4) is 0 Å². The molecule has 0 saturated carbocycles. The molecule has 88 valence electrons. The van der Waals surface area contributed by atoms with Crippen LogP contribution in [0, 0.1) is 0 Å². The van der Waals surface area contributed by atoms with E-state index in [2.05, 4.69) is 29.8 Å². The van der Waals surface area contributed by atoms with E-state index < -0.39 is 0 Å². The second-order valence-electron chi connectivity index (χ2n) is 4.69. The highest BCUT2D eigenvalue weighted by Gasteiger charge is 2.21. The van der Waals surface area contributed by atoms with E-state index in [1.807, 2.05) is 6.20 Å². The summed E-state index contributed by atoms with van der Waals surface area (Å²) in [5.74, 6) is 0.714. The van der Waals surface area contributed by atoms with Gasteiger partial charge in [0.1, 0.15) is 5.82 Å². The molecule has 0 saturated heterocycles. The molecular formula is C13H21N3. The highest BCUT2D eigenvalue weighted by Crippen LogP contribution is 2.24. The van der Waals surface area contributed by atoms with Gasteiger partial charge in [-0.1, -0.05) is 13.3 Å². The van der Waals surface area contributed by atoms with Gasteiger partial charge in [0.2, 0.25) is 0 Å². The number of pyridine rings is 1. The predicted molar refractivity (Wildman–Crippen MR) is 67.1 cm³/mol. The molecule has 1 unspecified atom stereocenters. The highest BCUT2D eigenvalue weighted by molar-refractivity contribution is 5.45. The molecule has 1 aliphatic heterocycles. The molecule has 1 atom stereocenters. The molecule has 16 heavy (non-hydrogen) atoms. The Bertz CT molecular complexity index is 362. The summed E-state index contributed by atoms with van der Waals surface area (Å²) in [5.41, 5.74) is 8.57. The second kappa shape index (κ2) is 4.83. The van der Waals surface area contributed by atoms with Gasteiger partial charge < -0.3 is 5.73 Å². The summed E-state index contributed by atoms with van der Waals surface area (Å²) in [4.78, 5) is 6.70. The fourth-order valence-corrected chi connectivity index (χ4v) is 2.49. The Morgan fingerprint density at radius 1 is 1.56 bits per heavy atom. The number of fused-ring (bicyclic) bond motifs is 1. The maximum atomic E-state index is 5.94. The topological polar surface area (TPSA) is 42.2 Å². The van der Waals surface area contributed by atoms with Crippen molar-refractivity contribution in [1.82, 2.24) is 9.88 Å². The van der Waals surface area contributed by atoms with E-state index in [0.717, 1.165) is 19.5 Å². The van der Waals surface area contributed by atoms with Crippen LogP contribution < -0.4 is 5.73 Å². The third-order valence-electron chi connectivity index (χ3n) is 3.55. The molecule has 2 rings (SSSR count). The van der Waals surface area contributed by atoms with Crippen LogP contribution in [0.4, 0.5) is 5.82 Å². The Kier molecular flexibility index (Phi) is 3.44. The third kappa shape index (κ3) is 2.19. The number of anilines is 1. The first-order valence-electron chi connectivity index (χ1n) is 6.18. The lowest BCUT2D eigenvalue weighted by Crippen LogP contribution is -2.38. The number of hydrogen-bond acceptors (Lipinski definition) is 3. The Morgan fingerprint density at radius 3 is 3.12 bits per heavy atom. The molecule has 3 nitrogen and oxygen atoms in total. The fraction of sp³-hybridized carbons (Fsp3) is 0.615. The van der Waals surface area contributed by atoms with Crippen LogP contribution in [-0.2, 0) is 13.0 Å². The Morgan fingerprint density at radius 2 is 2.38 bits per heavy atom. The van der Waals surface area contributed by atoms with Gasteiger partial charge >= 0.3 is 0 Å². The van der Waals surface area contributed by atoms with Crippen LogP contribution in [0.25, 0.3) is 0 Å². The minimum Gasteiger partial charge on any atom is -0.383 e. The quantitative estimate of drug-likeness (QED) is 0.847. The van der Waals surface area contributed by atoms with Crippen molar-refractivity contribution in [2.75, 3.05) is 12.3 Å². The summed E-state index contributed by atoms with van der Waals surface area (Å²) < 4.78 is 0. The van der Waals surface area contributed by atoms with E-state index >= 15 is 0 Å². The zero-order valence-electron chi connectivity index (χ0n) is 10.2. The molecule has 0 spiro atoms. The maximum Gasteiger partial charge on any atom is 0.128 e. The van der Waals surface area contributed by atoms with Crippen molar-refractivity contribution in [2.45, 2.75) is 45.7 Å². The van der Waals surface area contributed by atoms with Gasteiger partial charge in [0.15, 0.2) is 0 Å². The average Bonchev–Trinajstić information content (AvgIpc) is 2.29. The van der Waals surface area contributed by atoms with Gasteiger partial charge in [-0.15, -0.1) is 0 Å². The minimum absolute atomic E-state index is 0.651. The predicted octanol–water partition coefficient (Wildman–Crippen LogP) is 2.21. The van der Waals surface area contributed by atoms with Crippen molar-refractivity contribution >= 4 is 5.82 Å². The normalized spacial score (nSPS) is 18.1. The lowest BCUT2D eigenvalue weighted by molar-refractivity contribution is 0.181. The Hall–Kier alpha value is -1.09. The first-order chi connectivity index (χ1) is 7.72. The summed E-state index contributed by atoms with van der Waals surface area (Å²) >= 11 is 0. The van der Waals surface area contributed by atoms with E-state index in [4.69, 9.17) is 5.73 Å². The van der Waals surface area contributed by atoms with Crippen LogP contribution in [0.3, 0.4) is 0 Å². The molecule has 1 aromatic heterocycles. The van der Waals surface area contributed by atoms with Gasteiger partial charge in [-0.05, 0) is 31.4 Å². The lowest BCUT2D eigenvalue weighted by atomic mass is 9.99. The third-order valence-corrected chi connectivity index (χ3v) is 3.55. The Balaban J connectivity index is 2.13. The molecule has 1 aromatic rings. The zero-order chi connectivity index (χ0) is 11.5. The van der Waals surface area contributed by atoms with Crippen molar-refractivity contribution in [2.24, 2.45) is 0 Å². The standard InChI is InChI=1S/C13H21N3/c1-3-4-10(2)16-8-6-11-5-7-15-13(14)12(11)9-16/h5,7,10H,3-4,6,8-9H2,1-2H3,(H2,14,15). The van der Waals surface area contributed by atoms with Crippen LogP contribution >= 0.6 is 0 Å². The average molecular weight is 219 g/mol. The smallest absolute Gasteiger partial charge is 0.128 e. The molecule has 0 bridgehead atoms. The lowest BCUT2D eigenvalue weighted by Gasteiger charge is -2.33. The van der Waals surface area contributed by atoms with E-state index in [-0.39, 0.29) is 0 Å². The van der Waals surface area contributed by atoms with Crippen LogP contribution in [-0.4, -0.2) is 22.5 Å². The number of hydrogen-bond donors (Lipinski definition) is 1. The maximum absolute atomic E-state index is 5.94. The van der Waals surface area contributed by atoms with E-state index in [0.29, 0.717) is 11.9 Å². The molecule has 0 amide bonds. The SMILES string of the molecule is CCCC(C)N1CCc2ccnc(N)c2C1. The van der Waals surface area contributed by atoms with E-state index in [9.17, 15) is 0 Å². The number of aromatic nitrogens is 1. The van der Waals surface area contributed by atoms with Gasteiger partial charge in [0.25, 0.3) is 0 Å². The number of nitrogens with zero attached hydrogens (tertiary/aromatic N) is 2. The van der Waals surface area contributed by atoms with Gasteiger partial charge in [-0.3, -0.25) is 4.90 Å². The van der Waals surface area contributed by atoms with Crippen molar-refractivity contribution < 1.29 is 0 Å². The number of rotatable bonds is 3. The van der Waals surface area contributed by atoms with Crippen LogP contribution in [0.15, 0.2) is 12.3 Å². The van der Waals surface area contributed by atoms with Gasteiger partial charge in [-0.25, -0.2) is 4.98 Å². The van der Waals surface area contributed by atoms with Gasteiger partial charge in [0, 0.05) is 30.9 Å². The largest absolute Gasteiger partial charge is 0.383 e. The molecule has 0 radical (unpaired) electrons. The number of nitrogens with two attached hydrogens (primary N) is 1. The van der Waals surface area contributed by atoms with Crippen molar-refractivity contribution in [3.05, 3.63) is 23.4 Å². The van der Waals surface area contributed by atoms with Gasteiger partial charge in [-0.2, -0.15) is 0 Å². The van der Waals surface area contributed by atoms with Crippen LogP contribution in [0.2, 0.25) is 0 Å². The summed E-state index contributed by atoms with van der Waals surface area (Å²) in [5, 5.41) is 0. The molecule has 2 heterocycles. The first kappa shape index (κ1) is 11.4. The fourth-order valence-electron chi connectivity index (χ4n) is 2.49. The molecule has 0 aromatic carbocycles. The van der Waals surface area contributed by atoms with Crippen LogP contribution in [0.1, 0.15) is 37.8 Å². The Labute approximate surface area is 97.7 Å². The van der Waals surface area contributed by atoms with E-state index in [1.165, 1.54) is 24.0 Å².